The van der Waals surface area contributed by atoms with Gasteiger partial charge in [-0.1, -0.05) is 0 Å². The van der Waals surface area contributed by atoms with E-state index in [9.17, 15) is 19.8 Å². The van der Waals surface area contributed by atoms with Crippen LogP contribution in [0.25, 0.3) is 0 Å². The fraction of sp³-hybridized carbons (Fsp3) is 0.727. The zero-order chi connectivity index (χ0) is 14.4. The summed E-state index contributed by atoms with van der Waals surface area (Å²) in [5.74, 6) is -0.529. The first-order chi connectivity index (χ1) is 8.64. The third kappa shape index (κ3) is 2.28. The molecule has 2 atom stereocenters. The molecular formula is C11H18N4O4. The third-order valence-electron chi connectivity index (χ3n) is 3.79. The molecule has 8 nitrogen and oxygen atoms in total. The van der Waals surface area contributed by atoms with Gasteiger partial charge in [0.1, 0.15) is 5.60 Å². The molecule has 0 unspecified atom stereocenters. The van der Waals surface area contributed by atoms with Crippen LogP contribution < -0.4 is 5.69 Å². The van der Waals surface area contributed by atoms with Gasteiger partial charge in [0, 0.05) is 13.6 Å². The number of piperidine rings is 1. The van der Waals surface area contributed by atoms with Crippen molar-refractivity contribution < 1.29 is 15.0 Å². The van der Waals surface area contributed by atoms with Gasteiger partial charge >= 0.3 is 5.69 Å². The van der Waals surface area contributed by atoms with Crippen molar-refractivity contribution in [3.8, 4) is 0 Å². The van der Waals surface area contributed by atoms with Gasteiger partial charge in [0.25, 0.3) is 5.91 Å². The van der Waals surface area contributed by atoms with E-state index in [1.54, 1.807) is 0 Å². The fourth-order valence-corrected chi connectivity index (χ4v) is 2.06. The lowest BCUT2D eigenvalue weighted by atomic mass is 9.79. The summed E-state index contributed by atoms with van der Waals surface area (Å²) in [6, 6.07) is 0. The molecule has 1 aliphatic rings. The molecule has 0 saturated carbocycles. The fourth-order valence-electron chi connectivity index (χ4n) is 2.06. The van der Waals surface area contributed by atoms with Crippen molar-refractivity contribution in [2.75, 3.05) is 13.1 Å². The van der Waals surface area contributed by atoms with Crippen molar-refractivity contribution in [1.82, 2.24) is 19.7 Å². The van der Waals surface area contributed by atoms with Crippen molar-refractivity contribution in [3.05, 3.63) is 16.3 Å². The Kier molecular flexibility index (Phi) is 3.02. The van der Waals surface area contributed by atoms with E-state index in [2.05, 4.69) is 10.1 Å². The van der Waals surface area contributed by atoms with Gasteiger partial charge in [-0.2, -0.15) is 0 Å². The largest absolute Gasteiger partial charge is 0.387 e. The highest BCUT2D eigenvalue weighted by Gasteiger charge is 2.47. The molecule has 0 bridgehead atoms. The number of hydrogen-bond donors (Lipinski definition) is 3. The molecule has 1 amide bonds. The minimum Gasteiger partial charge on any atom is -0.387 e. The molecule has 1 aromatic heterocycles. The molecule has 0 aromatic carbocycles. The highest BCUT2D eigenvalue weighted by atomic mass is 16.4. The van der Waals surface area contributed by atoms with Crippen molar-refractivity contribution >= 4 is 5.91 Å². The number of carbonyl (C=O) groups is 1. The van der Waals surface area contributed by atoms with Crippen molar-refractivity contribution in [2.45, 2.75) is 31.5 Å². The van der Waals surface area contributed by atoms with Crippen molar-refractivity contribution in [2.24, 2.45) is 7.05 Å². The normalized spacial score (nSPS) is 31.5. The molecule has 1 saturated heterocycles. The van der Waals surface area contributed by atoms with Gasteiger partial charge in [0.15, 0.2) is 0 Å². The molecule has 106 valence electrons. The summed E-state index contributed by atoms with van der Waals surface area (Å²) in [5, 5.41) is 24.0. The molecule has 1 aromatic rings. The first-order valence-corrected chi connectivity index (χ1v) is 6.01. The minimum atomic E-state index is -1.41. The topological polar surface area (TPSA) is 111 Å². The minimum absolute atomic E-state index is 0.0164. The molecule has 1 fully saturated rings. The number of H-pyrrole nitrogens is 1. The molecular weight excluding hydrogens is 252 g/mol. The molecule has 0 radical (unpaired) electrons. The van der Waals surface area contributed by atoms with Crippen LogP contribution in [-0.4, -0.2) is 60.1 Å². The quantitative estimate of drug-likeness (QED) is 0.572. The number of aromatic nitrogens is 3. The predicted molar refractivity (Wildman–Crippen MR) is 65.6 cm³/mol. The molecule has 0 aliphatic carbocycles. The molecule has 1 aliphatic heterocycles. The van der Waals surface area contributed by atoms with Gasteiger partial charge in [-0.05, 0) is 20.3 Å². The Morgan fingerprint density at radius 1 is 1.37 bits per heavy atom. The number of amides is 1. The van der Waals surface area contributed by atoms with Crippen LogP contribution in [0.3, 0.4) is 0 Å². The average Bonchev–Trinajstić information content (AvgIpc) is 2.62. The van der Waals surface area contributed by atoms with E-state index in [-0.39, 0.29) is 18.8 Å². The summed E-state index contributed by atoms with van der Waals surface area (Å²) in [5.41, 5.74) is -3.13. The summed E-state index contributed by atoms with van der Waals surface area (Å²) < 4.78 is 1.03. The summed E-state index contributed by atoms with van der Waals surface area (Å²) in [6.45, 7) is 3.29. The van der Waals surface area contributed by atoms with Gasteiger partial charge in [0.05, 0.1) is 12.1 Å². The molecule has 3 N–H and O–H groups in total. The first kappa shape index (κ1) is 13.8. The number of nitrogens with zero attached hydrogens (tertiary/aromatic N) is 3. The van der Waals surface area contributed by atoms with Crippen LogP contribution in [0.5, 0.6) is 0 Å². The van der Waals surface area contributed by atoms with Gasteiger partial charge < -0.3 is 15.1 Å². The summed E-state index contributed by atoms with van der Waals surface area (Å²) in [4.78, 5) is 27.1. The molecule has 8 heteroatoms. The van der Waals surface area contributed by atoms with Gasteiger partial charge in [-0.3, -0.25) is 9.78 Å². The van der Waals surface area contributed by atoms with Gasteiger partial charge in [-0.25, -0.2) is 9.48 Å². The summed E-state index contributed by atoms with van der Waals surface area (Å²) in [6.07, 6.45) is 0.253. The Morgan fingerprint density at radius 2 is 2.00 bits per heavy atom. The van der Waals surface area contributed by atoms with E-state index >= 15 is 0 Å². The number of β-amino-alcohol motifs (C(OH)–C–C–N with tert-alkyl or cyclic N) is 1. The standard InChI is InChI=1S/C11H18N4O4/c1-10(18)4-5-15(6-11(10,2)19)8(16)7-12-9(17)14(3)13-7/h18-19H,4-6H2,1-3H3,(H,12,13,17)/t10-,11+/m1/s1. The van der Waals surface area contributed by atoms with E-state index < -0.39 is 22.8 Å². The lowest BCUT2D eigenvalue weighted by Gasteiger charge is -2.46. The van der Waals surface area contributed by atoms with E-state index in [1.807, 2.05) is 0 Å². The van der Waals surface area contributed by atoms with Crippen LogP contribution in [0.4, 0.5) is 0 Å². The lowest BCUT2D eigenvalue weighted by Crippen LogP contribution is -2.62. The Morgan fingerprint density at radius 3 is 2.47 bits per heavy atom. The van der Waals surface area contributed by atoms with Crippen LogP contribution >= 0.6 is 0 Å². The maximum atomic E-state index is 12.2. The van der Waals surface area contributed by atoms with Gasteiger partial charge in [-0.15, -0.1) is 5.10 Å². The zero-order valence-corrected chi connectivity index (χ0v) is 11.2. The van der Waals surface area contributed by atoms with E-state index in [0.29, 0.717) is 6.54 Å². The predicted octanol–water partition coefficient (Wildman–Crippen LogP) is -1.54. The van der Waals surface area contributed by atoms with Crippen LogP contribution in [0.15, 0.2) is 4.79 Å². The van der Waals surface area contributed by atoms with Crippen LogP contribution in [0.2, 0.25) is 0 Å². The molecule has 2 heterocycles. The SMILES string of the molecule is Cn1nc(C(=O)N2CC[C@@](C)(O)[C@@](C)(O)C2)[nH]c1=O. The number of likely N-dealkylation sites (tertiary alicyclic amines) is 1. The third-order valence-corrected chi connectivity index (χ3v) is 3.79. The second-order valence-corrected chi connectivity index (χ2v) is 5.43. The van der Waals surface area contributed by atoms with Crippen molar-refractivity contribution in [3.63, 3.8) is 0 Å². The molecule has 2 rings (SSSR count). The Labute approximate surface area is 109 Å². The Hall–Kier alpha value is -1.67. The zero-order valence-electron chi connectivity index (χ0n) is 11.2. The number of aryl methyl sites for hydroxylation is 1. The lowest BCUT2D eigenvalue weighted by molar-refractivity contribution is -0.163. The second kappa shape index (κ2) is 4.17. The number of carbonyl (C=O) groups excluding carboxylic acids is 1. The highest BCUT2D eigenvalue weighted by molar-refractivity contribution is 5.90. The van der Waals surface area contributed by atoms with E-state index in [1.165, 1.54) is 25.8 Å². The summed E-state index contributed by atoms with van der Waals surface area (Å²) >= 11 is 0. The van der Waals surface area contributed by atoms with E-state index in [4.69, 9.17) is 0 Å². The number of nitrogens with one attached hydrogen (secondary N) is 1. The number of aromatic amines is 1. The maximum absolute atomic E-state index is 12.2. The van der Waals surface area contributed by atoms with E-state index in [0.717, 1.165) is 4.68 Å². The monoisotopic (exact) mass is 270 g/mol. The number of rotatable bonds is 1. The summed E-state index contributed by atoms with van der Waals surface area (Å²) in [7, 11) is 1.44. The second-order valence-electron chi connectivity index (χ2n) is 5.43. The number of aliphatic hydroxyl groups is 2. The Bertz CT molecular complexity index is 557. The van der Waals surface area contributed by atoms with Crippen LogP contribution in [0, 0.1) is 0 Å². The maximum Gasteiger partial charge on any atom is 0.343 e. The highest BCUT2D eigenvalue weighted by Crippen LogP contribution is 2.31. The number of hydrogen-bond acceptors (Lipinski definition) is 5. The van der Waals surface area contributed by atoms with Crippen LogP contribution in [-0.2, 0) is 7.05 Å². The molecule has 0 spiro atoms. The van der Waals surface area contributed by atoms with Crippen LogP contribution in [0.1, 0.15) is 30.9 Å². The van der Waals surface area contributed by atoms with Crippen molar-refractivity contribution in [1.29, 1.82) is 0 Å². The smallest absolute Gasteiger partial charge is 0.343 e. The average molecular weight is 270 g/mol. The Balaban J connectivity index is 2.20. The first-order valence-electron chi connectivity index (χ1n) is 6.01. The molecule has 19 heavy (non-hydrogen) atoms. The van der Waals surface area contributed by atoms with Gasteiger partial charge in [0.2, 0.25) is 5.82 Å².